The Labute approximate surface area is 214 Å². The van der Waals surface area contributed by atoms with Gasteiger partial charge in [-0.2, -0.15) is 0 Å². The number of hydrogen-bond donors (Lipinski definition) is 0. The van der Waals surface area contributed by atoms with E-state index in [0.29, 0.717) is 0 Å². The van der Waals surface area contributed by atoms with Crippen LogP contribution in [-0.4, -0.2) is 4.70 Å². The Bertz CT molecular complexity index is 1040. The van der Waals surface area contributed by atoms with Crippen LogP contribution in [0.3, 0.4) is 0 Å². The van der Waals surface area contributed by atoms with Crippen molar-refractivity contribution in [3.63, 3.8) is 0 Å². The zero-order chi connectivity index (χ0) is 25.0. The van der Waals surface area contributed by atoms with Gasteiger partial charge in [-0.3, -0.25) is 0 Å². The van der Waals surface area contributed by atoms with Crippen LogP contribution in [0.25, 0.3) is 16.9 Å². The highest BCUT2D eigenvalue weighted by Crippen LogP contribution is 2.44. The lowest BCUT2D eigenvalue weighted by atomic mass is 9.91. The lowest BCUT2D eigenvalue weighted by Crippen LogP contribution is -2.03. The lowest BCUT2D eigenvalue weighted by Gasteiger charge is -2.11. The zero-order valence-electron chi connectivity index (χ0n) is 22.7. The van der Waals surface area contributed by atoms with Crippen LogP contribution >= 0.6 is 0 Å². The molecule has 2 aromatic rings. The van der Waals surface area contributed by atoms with Crippen LogP contribution in [0.5, 0.6) is 0 Å². The van der Waals surface area contributed by atoms with E-state index < -0.39 is 0 Å². The number of allylic oxidation sites excluding steroid dienone is 2. The summed E-state index contributed by atoms with van der Waals surface area (Å²) in [4.78, 5) is 0. The molecule has 0 bridgehead atoms. The molecular weight excluding hydrogens is 424 g/mol. The van der Waals surface area contributed by atoms with Gasteiger partial charge in [-0.25, -0.2) is 4.70 Å². The maximum Gasteiger partial charge on any atom is 0.211 e. The number of unbranched alkanes of at least 4 members (excludes halogenated alkanes) is 7. The van der Waals surface area contributed by atoms with Crippen LogP contribution in [-0.2, 0) is 6.42 Å². The van der Waals surface area contributed by atoms with Crippen LogP contribution < -0.4 is 0 Å². The topological polar surface area (TPSA) is 25.3 Å². The molecule has 2 aromatic carbocycles. The predicted molar refractivity (Wildman–Crippen MR) is 151 cm³/mol. The largest absolute Gasteiger partial charge is 0.493 e. The number of nitrogens with zero attached hydrogens (tertiary/aromatic N) is 2. The molecule has 2 heteroatoms. The quantitative estimate of drug-likeness (QED) is 0.183. The van der Waals surface area contributed by atoms with Crippen LogP contribution in [0, 0.1) is 6.92 Å². The van der Waals surface area contributed by atoms with Gasteiger partial charge < -0.3 is 5.53 Å². The molecule has 0 saturated carbocycles. The minimum Gasteiger partial charge on any atom is -0.493 e. The lowest BCUT2D eigenvalue weighted by molar-refractivity contribution is -0.345. The van der Waals surface area contributed by atoms with E-state index in [1.54, 1.807) is 0 Å². The van der Waals surface area contributed by atoms with Crippen molar-refractivity contribution >= 4 is 11.4 Å². The minimum absolute atomic E-state index is 1.00. The van der Waals surface area contributed by atoms with Crippen molar-refractivity contribution < 1.29 is 4.70 Å². The van der Waals surface area contributed by atoms with Gasteiger partial charge in [0.15, 0.2) is 0 Å². The van der Waals surface area contributed by atoms with Gasteiger partial charge in [-0.15, -0.1) is 0 Å². The van der Waals surface area contributed by atoms with Crippen molar-refractivity contribution in [2.24, 2.45) is 0 Å². The molecule has 0 aliphatic carbocycles. The third kappa shape index (κ3) is 7.26. The van der Waals surface area contributed by atoms with Crippen molar-refractivity contribution in [1.29, 1.82) is 0 Å². The molecule has 2 nitrogen and oxygen atoms in total. The van der Waals surface area contributed by atoms with Crippen LogP contribution in [0.4, 0.5) is 0 Å². The highest BCUT2D eigenvalue weighted by atomic mass is 15.2. The molecule has 0 aromatic heterocycles. The predicted octanol–water partition coefficient (Wildman–Crippen LogP) is 10.4. The van der Waals surface area contributed by atoms with Crippen LogP contribution in [0.15, 0.2) is 59.7 Å². The van der Waals surface area contributed by atoms with E-state index in [9.17, 15) is 5.53 Å². The molecule has 3 rings (SSSR count). The van der Waals surface area contributed by atoms with Gasteiger partial charge in [-0.1, -0.05) is 95.5 Å². The maximum absolute atomic E-state index is 11.7. The van der Waals surface area contributed by atoms with E-state index >= 15 is 0 Å². The minimum atomic E-state index is 1.00. The highest BCUT2D eigenvalue weighted by molar-refractivity contribution is 5.82. The molecule has 1 aliphatic rings. The fourth-order valence-electron chi connectivity index (χ4n) is 5.27. The second-order valence-electron chi connectivity index (χ2n) is 10.3. The van der Waals surface area contributed by atoms with E-state index in [2.05, 4.69) is 76.2 Å². The first-order valence-corrected chi connectivity index (χ1v) is 14.2. The standard InChI is InChI=1S/C33H46N2/c1-5-8-11-12-13-14-23-31-30(22-10-7-3)33(29-21-16-19-27(25-29)18-9-6-2)35(34)32(31)28-20-15-17-26(4)24-28/h15-17,19-21,24-25H,5-14,18,22-23H2,1-4H3. The second kappa shape index (κ2) is 14.2. The maximum atomic E-state index is 11.7. The first-order valence-electron chi connectivity index (χ1n) is 14.2. The number of hydrogen-bond acceptors (Lipinski definition) is 0. The third-order valence-electron chi connectivity index (χ3n) is 7.23. The van der Waals surface area contributed by atoms with E-state index in [0.717, 1.165) is 54.6 Å². The third-order valence-corrected chi connectivity index (χ3v) is 7.23. The molecule has 0 atom stereocenters. The smallest absolute Gasteiger partial charge is 0.211 e. The summed E-state index contributed by atoms with van der Waals surface area (Å²) < 4.78 is 1.53. The van der Waals surface area contributed by atoms with E-state index in [1.807, 2.05) is 0 Å². The van der Waals surface area contributed by atoms with Crippen LogP contribution in [0.2, 0.25) is 0 Å². The SMILES string of the molecule is CCCCCCCCC1=C(c2cccc(C)c2)[N+](=[N-])C(c2cccc(CCCC)c2)=C1CCCC. The first-order chi connectivity index (χ1) is 17.1. The van der Waals surface area contributed by atoms with E-state index in [-0.39, 0.29) is 0 Å². The van der Waals surface area contributed by atoms with Gasteiger partial charge in [0.25, 0.3) is 0 Å². The Kier molecular flexibility index (Phi) is 11.0. The summed E-state index contributed by atoms with van der Waals surface area (Å²) in [5.74, 6) is 0. The molecule has 0 spiro atoms. The fraction of sp³-hybridized carbons (Fsp3) is 0.515. The Hall–Kier alpha value is -2.48. The fourth-order valence-corrected chi connectivity index (χ4v) is 5.27. The normalized spacial score (nSPS) is 13.9. The molecule has 0 unspecified atom stereocenters. The van der Waals surface area contributed by atoms with Gasteiger partial charge >= 0.3 is 0 Å². The van der Waals surface area contributed by atoms with Gasteiger partial charge in [0.2, 0.25) is 11.4 Å². The molecule has 1 heterocycles. The van der Waals surface area contributed by atoms with Crippen molar-refractivity contribution in [3.05, 3.63) is 87.5 Å². The number of aryl methyl sites for hydroxylation is 2. The van der Waals surface area contributed by atoms with Gasteiger partial charge in [0.1, 0.15) is 0 Å². The summed E-state index contributed by atoms with van der Waals surface area (Å²) in [7, 11) is 0. The molecule has 35 heavy (non-hydrogen) atoms. The zero-order valence-corrected chi connectivity index (χ0v) is 22.7. The van der Waals surface area contributed by atoms with Gasteiger partial charge in [0, 0.05) is 22.3 Å². The second-order valence-corrected chi connectivity index (χ2v) is 10.3. The number of benzene rings is 2. The summed E-state index contributed by atoms with van der Waals surface area (Å²) in [5, 5.41) is 0. The molecule has 0 saturated heterocycles. The molecule has 0 amide bonds. The van der Waals surface area contributed by atoms with E-state index in [4.69, 9.17) is 0 Å². The molecular formula is C33H46N2. The monoisotopic (exact) mass is 470 g/mol. The molecule has 1 aliphatic heterocycles. The van der Waals surface area contributed by atoms with E-state index in [1.165, 1.54) is 78.3 Å². The Morgan fingerprint density at radius 3 is 1.80 bits per heavy atom. The number of rotatable bonds is 15. The van der Waals surface area contributed by atoms with Crippen molar-refractivity contribution in [3.8, 4) is 0 Å². The van der Waals surface area contributed by atoms with Crippen molar-refractivity contribution in [2.45, 2.75) is 111 Å². The van der Waals surface area contributed by atoms with Gasteiger partial charge in [-0.05, 0) is 75.3 Å². The summed E-state index contributed by atoms with van der Waals surface area (Å²) in [6.45, 7) is 8.92. The average Bonchev–Trinajstić information content (AvgIpc) is 3.14. The summed E-state index contributed by atoms with van der Waals surface area (Å²) in [5.41, 5.74) is 21.3. The van der Waals surface area contributed by atoms with Crippen molar-refractivity contribution in [2.75, 3.05) is 0 Å². The summed E-state index contributed by atoms with van der Waals surface area (Å²) in [6, 6.07) is 17.5. The summed E-state index contributed by atoms with van der Waals surface area (Å²) >= 11 is 0. The van der Waals surface area contributed by atoms with Gasteiger partial charge in [0.05, 0.1) is 0 Å². The average molecular weight is 471 g/mol. The summed E-state index contributed by atoms with van der Waals surface area (Å²) in [6.07, 6.45) is 15.5. The Balaban J connectivity index is 2.02. The highest BCUT2D eigenvalue weighted by Gasteiger charge is 2.35. The van der Waals surface area contributed by atoms with Crippen molar-refractivity contribution in [1.82, 2.24) is 0 Å². The Morgan fingerprint density at radius 2 is 1.14 bits per heavy atom. The molecule has 0 radical (unpaired) electrons. The first kappa shape index (κ1) is 27.1. The Morgan fingerprint density at radius 1 is 0.600 bits per heavy atom. The van der Waals surface area contributed by atoms with Crippen LogP contribution in [0.1, 0.15) is 120 Å². The molecule has 0 fully saturated rings. The molecule has 188 valence electrons. The molecule has 0 N–H and O–H groups in total.